The predicted molar refractivity (Wildman–Crippen MR) is 78.8 cm³/mol. The lowest BCUT2D eigenvalue weighted by molar-refractivity contribution is -0.122. The second kappa shape index (κ2) is 6.57. The Hall–Kier alpha value is -1.09. The van der Waals surface area contributed by atoms with Gasteiger partial charge >= 0.3 is 0 Å². The van der Waals surface area contributed by atoms with Crippen LogP contribution in [0.5, 0.6) is 0 Å². The van der Waals surface area contributed by atoms with Gasteiger partial charge in [0.25, 0.3) is 0 Å². The molecule has 1 unspecified atom stereocenters. The molecule has 0 aromatic heterocycles. The molecular weight excluding hydrogens is 298 g/mol. The van der Waals surface area contributed by atoms with Gasteiger partial charge in [0.1, 0.15) is 0 Å². The zero-order chi connectivity index (χ0) is 14.6. The normalized spacial score (nSPS) is 19.6. The molecule has 1 aliphatic rings. The number of thioether (sulfide) groups is 1. The SMILES string of the molecule is NS(=O)(=O)c1cccc(CNC(=O)C2CSCCN2)c1. The van der Waals surface area contributed by atoms with E-state index in [1.165, 1.54) is 12.1 Å². The van der Waals surface area contributed by atoms with Crippen LogP contribution in [-0.2, 0) is 21.4 Å². The Labute approximate surface area is 122 Å². The van der Waals surface area contributed by atoms with Crippen LogP contribution in [0.2, 0.25) is 0 Å². The molecule has 1 heterocycles. The third kappa shape index (κ3) is 4.20. The molecule has 2 rings (SSSR count). The van der Waals surface area contributed by atoms with E-state index < -0.39 is 10.0 Å². The summed E-state index contributed by atoms with van der Waals surface area (Å²) in [5.41, 5.74) is 0.702. The molecule has 1 aromatic carbocycles. The highest BCUT2D eigenvalue weighted by Crippen LogP contribution is 2.10. The molecule has 1 atom stereocenters. The van der Waals surface area contributed by atoms with E-state index in [1.807, 2.05) is 0 Å². The summed E-state index contributed by atoms with van der Waals surface area (Å²) in [6, 6.07) is 6.07. The first-order chi connectivity index (χ1) is 9.47. The third-order valence-electron chi connectivity index (χ3n) is 2.93. The van der Waals surface area contributed by atoms with Gasteiger partial charge < -0.3 is 10.6 Å². The van der Waals surface area contributed by atoms with Crippen LogP contribution in [0.1, 0.15) is 5.56 Å². The van der Waals surface area contributed by atoms with Gasteiger partial charge in [-0.3, -0.25) is 4.79 Å². The van der Waals surface area contributed by atoms with Crippen molar-refractivity contribution in [3.63, 3.8) is 0 Å². The van der Waals surface area contributed by atoms with Gasteiger partial charge in [-0.2, -0.15) is 11.8 Å². The van der Waals surface area contributed by atoms with Crippen LogP contribution in [0.3, 0.4) is 0 Å². The first-order valence-corrected chi connectivity index (χ1v) is 8.87. The maximum atomic E-state index is 11.9. The molecule has 1 aromatic rings. The number of benzene rings is 1. The minimum atomic E-state index is -3.71. The molecule has 0 aliphatic carbocycles. The van der Waals surface area contributed by atoms with Crippen LogP contribution in [0.15, 0.2) is 29.2 Å². The number of sulfonamides is 1. The number of carbonyl (C=O) groups excluding carboxylic acids is 1. The summed E-state index contributed by atoms with van der Waals surface area (Å²) >= 11 is 1.74. The van der Waals surface area contributed by atoms with Crippen molar-refractivity contribution in [3.05, 3.63) is 29.8 Å². The standard InChI is InChI=1S/C12H17N3O3S2/c13-20(17,18)10-3-1-2-9(6-10)7-15-12(16)11-8-19-5-4-14-11/h1-3,6,11,14H,4-5,7-8H2,(H,15,16)(H2,13,17,18). The van der Waals surface area contributed by atoms with Crippen molar-refractivity contribution in [1.82, 2.24) is 10.6 Å². The fourth-order valence-corrected chi connectivity index (χ4v) is 3.40. The van der Waals surface area contributed by atoms with Crippen LogP contribution in [0.25, 0.3) is 0 Å². The van der Waals surface area contributed by atoms with Gasteiger partial charge in [0.15, 0.2) is 0 Å². The highest BCUT2D eigenvalue weighted by Gasteiger charge is 2.20. The number of rotatable bonds is 4. The van der Waals surface area contributed by atoms with Crippen LogP contribution in [0, 0.1) is 0 Å². The molecule has 1 saturated heterocycles. The minimum Gasteiger partial charge on any atom is -0.351 e. The summed E-state index contributed by atoms with van der Waals surface area (Å²) in [5.74, 6) is 1.70. The van der Waals surface area contributed by atoms with Crippen molar-refractivity contribution < 1.29 is 13.2 Å². The molecule has 1 aliphatic heterocycles. The average molecular weight is 315 g/mol. The van der Waals surface area contributed by atoms with Gasteiger partial charge in [0.05, 0.1) is 10.9 Å². The van der Waals surface area contributed by atoms with Crippen LogP contribution < -0.4 is 15.8 Å². The predicted octanol–water partition coefficient (Wildman–Crippen LogP) is -0.345. The molecule has 20 heavy (non-hydrogen) atoms. The molecule has 0 bridgehead atoms. The van der Waals surface area contributed by atoms with Gasteiger partial charge in [-0.05, 0) is 17.7 Å². The summed E-state index contributed by atoms with van der Waals surface area (Å²) < 4.78 is 22.5. The lowest BCUT2D eigenvalue weighted by Gasteiger charge is -2.22. The molecule has 8 heteroatoms. The monoisotopic (exact) mass is 315 g/mol. The zero-order valence-electron chi connectivity index (χ0n) is 10.8. The van der Waals surface area contributed by atoms with Crippen molar-refractivity contribution in [3.8, 4) is 0 Å². The maximum Gasteiger partial charge on any atom is 0.238 e. The Morgan fingerprint density at radius 2 is 2.30 bits per heavy atom. The summed E-state index contributed by atoms with van der Waals surface area (Å²) in [4.78, 5) is 12.0. The Morgan fingerprint density at radius 3 is 2.95 bits per heavy atom. The lowest BCUT2D eigenvalue weighted by Crippen LogP contribution is -2.48. The Bertz CT molecular complexity index is 583. The van der Waals surface area contributed by atoms with Gasteiger partial charge in [-0.25, -0.2) is 13.6 Å². The summed E-state index contributed by atoms with van der Waals surface area (Å²) in [7, 11) is -3.71. The molecule has 6 nitrogen and oxygen atoms in total. The lowest BCUT2D eigenvalue weighted by atomic mass is 10.2. The van der Waals surface area contributed by atoms with Gasteiger partial charge in [0, 0.05) is 24.6 Å². The van der Waals surface area contributed by atoms with Crippen LogP contribution in [-0.4, -0.2) is 38.4 Å². The minimum absolute atomic E-state index is 0.0515. The Morgan fingerprint density at radius 1 is 1.50 bits per heavy atom. The van der Waals surface area contributed by atoms with Gasteiger partial charge in [-0.1, -0.05) is 12.1 Å². The number of nitrogens with one attached hydrogen (secondary N) is 2. The van der Waals surface area contributed by atoms with Crippen molar-refractivity contribution in [2.45, 2.75) is 17.5 Å². The first-order valence-electron chi connectivity index (χ1n) is 6.17. The van der Waals surface area contributed by atoms with Crippen LogP contribution >= 0.6 is 11.8 Å². The Kier molecular flexibility index (Phi) is 5.03. The smallest absolute Gasteiger partial charge is 0.238 e. The van der Waals surface area contributed by atoms with E-state index in [9.17, 15) is 13.2 Å². The van der Waals surface area contributed by atoms with Crippen molar-refractivity contribution >= 4 is 27.7 Å². The fourth-order valence-electron chi connectivity index (χ4n) is 1.88. The molecule has 1 fully saturated rings. The van der Waals surface area contributed by atoms with E-state index in [4.69, 9.17) is 5.14 Å². The summed E-state index contributed by atoms with van der Waals surface area (Å²) in [6.07, 6.45) is 0. The fraction of sp³-hybridized carbons (Fsp3) is 0.417. The number of amides is 1. The largest absolute Gasteiger partial charge is 0.351 e. The molecule has 0 spiro atoms. The highest BCUT2D eigenvalue weighted by molar-refractivity contribution is 7.99. The summed E-state index contributed by atoms with van der Waals surface area (Å²) in [6.45, 7) is 1.11. The maximum absolute atomic E-state index is 11.9. The quantitative estimate of drug-likeness (QED) is 0.705. The van der Waals surface area contributed by atoms with Crippen LogP contribution in [0.4, 0.5) is 0 Å². The summed E-state index contributed by atoms with van der Waals surface area (Å²) in [5, 5.41) is 11.0. The third-order valence-corrected chi connectivity index (χ3v) is 4.90. The first kappa shape index (κ1) is 15.3. The molecular formula is C12H17N3O3S2. The van der Waals surface area contributed by atoms with E-state index in [0.29, 0.717) is 5.56 Å². The zero-order valence-corrected chi connectivity index (χ0v) is 12.5. The number of primary sulfonamides is 1. The molecule has 1 amide bonds. The number of nitrogens with two attached hydrogens (primary N) is 1. The van der Waals surface area contributed by atoms with Crippen molar-refractivity contribution in [2.24, 2.45) is 5.14 Å². The van der Waals surface area contributed by atoms with E-state index in [2.05, 4.69) is 10.6 Å². The highest BCUT2D eigenvalue weighted by atomic mass is 32.2. The molecule has 110 valence electrons. The second-order valence-electron chi connectivity index (χ2n) is 4.49. The van der Waals surface area contributed by atoms with Gasteiger partial charge in [0.2, 0.25) is 15.9 Å². The van der Waals surface area contributed by atoms with E-state index >= 15 is 0 Å². The number of hydrogen-bond donors (Lipinski definition) is 3. The topological polar surface area (TPSA) is 101 Å². The Balaban J connectivity index is 1.95. The van der Waals surface area contributed by atoms with E-state index in [1.54, 1.807) is 23.9 Å². The molecule has 0 radical (unpaired) electrons. The van der Waals surface area contributed by atoms with E-state index in [0.717, 1.165) is 18.1 Å². The van der Waals surface area contributed by atoms with Crippen molar-refractivity contribution in [1.29, 1.82) is 0 Å². The van der Waals surface area contributed by atoms with Gasteiger partial charge in [-0.15, -0.1) is 0 Å². The number of hydrogen-bond acceptors (Lipinski definition) is 5. The number of carbonyl (C=O) groups is 1. The molecule has 0 saturated carbocycles. The molecule has 4 N–H and O–H groups in total. The van der Waals surface area contributed by atoms with E-state index in [-0.39, 0.29) is 23.4 Å². The second-order valence-corrected chi connectivity index (χ2v) is 7.20. The van der Waals surface area contributed by atoms with Crippen molar-refractivity contribution in [2.75, 3.05) is 18.1 Å². The average Bonchev–Trinajstić information content (AvgIpc) is 2.45.